The van der Waals surface area contributed by atoms with Crippen LogP contribution in [0.5, 0.6) is 0 Å². The van der Waals surface area contributed by atoms with Gasteiger partial charge in [0, 0.05) is 0 Å². The number of para-hydroxylation sites is 2. The highest BCUT2D eigenvalue weighted by molar-refractivity contribution is 5.94. The number of aromatic nitrogens is 1. The van der Waals surface area contributed by atoms with E-state index >= 15 is 0 Å². The number of rotatable bonds is 3. The molecule has 0 atom stereocenters. The van der Waals surface area contributed by atoms with Crippen LogP contribution in [0.2, 0.25) is 0 Å². The number of carbonyl (C=O) groups is 1. The molecule has 3 rings (SSSR count). The number of benzene rings is 1. The van der Waals surface area contributed by atoms with E-state index in [4.69, 9.17) is 8.83 Å². The molecule has 0 N–H and O–H groups in total. The van der Waals surface area contributed by atoms with Crippen LogP contribution in [0.15, 0.2) is 45.2 Å². The van der Waals surface area contributed by atoms with E-state index in [0.29, 0.717) is 17.2 Å². The van der Waals surface area contributed by atoms with Crippen molar-refractivity contribution in [3.05, 3.63) is 53.8 Å². The Morgan fingerprint density at radius 3 is 2.72 bits per heavy atom. The summed E-state index contributed by atoms with van der Waals surface area (Å²) < 4.78 is 10.8. The summed E-state index contributed by atoms with van der Waals surface area (Å²) in [6, 6.07) is 10.9. The number of fused-ring (bicyclic) bond motifs is 1. The molecule has 0 saturated heterocycles. The average Bonchev–Trinajstić information content (AvgIpc) is 2.94. The summed E-state index contributed by atoms with van der Waals surface area (Å²) in [6.45, 7) is 1.80. The van der Waals surface area contributed by atoms with E-state index in [1.54, 1.807) is 19.1 Å². The molecule has 90 valence electrons. The predicted octanol–water partition coefficient (Wildman–Crippen LogP) is 3.15. The van der Waals surface area contributed by atoms with Crippen LogP contribution in [0.3, 0.4) is 0 Å². The van der Waals surface area contributed by atoms with Crippen molar-refractivity contribution >= 4 is 16.9 Å². The van der Waals surface area contributed by atoms with Crippen molar-refractivity contribution in [2.75, 3.05) is 0 Å². The Morgan fingerprint density at radius 1 is 1.17 bits per heavy atom. The number of hydrogen-bond donors (Lipinski definition) is 0. The number of carbonyl (C=O) groups excluding carboxylic acids is 1. The minimum Gasteiger partial charge on any atom is -0.458 e. The quantitative estimate of drug-likeness (QED) is 0.661. The fraction of sp³-hybridized carbons (Fsp3) is 0.143. The van der Waals surface area contributed by atoms with Gasteiger partial charge < -0.3 is 8.83 Å². The molecule has 1 aromatic carbocycles. The van der Waals surface area contributed by atoms with Gasteiger partial charge in [0.25, 0.3) is 0 Å². The van der Waals surface area contributed by atoms with Gasteiger partial charge in [-0.2, -0.15) is 0 Å². The maximum atomic E-state index is 11.9. The van der Waals surface area contributed by atoms with Gasteiger partial charge in [0.05, 0.1) is 6.42 Å². The van der Waals surface area contributed by atoms with E-state index in [2.05, 4.69) is 4.98 Å². The predicted molar refractivity (Wildman–Crippen MR) is 65.5 cm³/mol. The third-order valence-electron chi connectivity index (χ3n) is 2.67. The van der Waals surface area contributed by atoms with Crippen LogP contribution < -0.4 is 0 Å². The second-order valence-electron chi connectivity index (χ2n) is 4.09. The van der Waals surface area contributed by atoms with Gasteiger partial charge in [0.1, 0.15) is 11.3 Å². The molecule has 0 radical (unpaired) electrons. The molecule has 0 aliphatic carbocycles. The molecule has 0 aliphatic heterocycles. The van der Waals surface area contributed by atoms with Crippen molar-refractivity contribution in [3.63, 3.8) is 0 Å². The molecule has 0 spiro atoms. The number of aryl methyl sites for hydroxylation is 1. The van der Waals surface area contributed by atoms with E-state index in [9.17, 15) is 4.79 Å². The Labute approximate surface area is 103 Å². The molecule has 2 heterocycles. The summed E-state index contributed by atoms with van der Waals surface area (Å²) in [5, 5.41) is 0. The summed E-state index contributed by atoms with van der Waals surface area (Å²) in [4.78, 5) is 16.2. The lowest BCUT2D eigenvalue weighted by Gasteiger charge is -1.92. The van der Waals surface area contributed by atoms with Crippen molar-refractivity contribution in [2.45, 2.75) is 13.3 Å². The first-order valence-electron chi connectivity index (χ1n) is 5.66. The lowest BCUT2D eigenvalue weighted by Crippen LogP contribution is -2.02. The molecule has 3 aromatic rings. The van der Waals surface area contributed by atoms with E-state index in [-0.39, 0.29) is 12.2 Å². The second kappa shape index (κ2) is 4.14. The molecule has 0 amide bonds. The zero-order chi connectivity index (χ0) is 12.5. The van der Waals surface area contributed by atoms with E-state index in [1.807, 2.05) is 24.3 Å². The highest BCUT2D eigenvalue weighted by atomic mass is 16.4. The monoisotopic (exact) mass is 241 g/mol. The molecule has 0 bridgehead atoms. The third-order valence-corrected chi connectivity index (χ3v) is 2.67. The maximum Gasteiger partial charge on any atom is 0.207 e. The fourth-order valence-corrected chi connectivity index (χ4v) is 1.80. The molecular formula is C14H11NO3. The van der Waals surface area contributed by atoms with Crippen LogP contribution in [0.25, 0.3) is 11.1 Å². The minimum absolute atomic E-state index is 0.113. The summed E-state index contributed by atoms with van der Waals surface area (Å²) in [7, 11) is 0. The smallest absolute Gasteiger partial charge is 0.207 e. The Kier molecular flexibility index (Phi) is 2.48. The fourth-order valence-electron chi connectivity index (χ4n) is 1.80. The number of ketones is 1. The normalized spacial score (nSPS) is 10.9. The lowest BCUT2D eigenvalue weighted by molar-refractivity contribution is 0.0958. The van der Waals surface area contributed by atoms with Crippen molar-refractivity contribution in [3.8, 4) is 0 Å². The molecule has 0 unspecified atom stereocenters. The van der Waals surface area contributed by atoms with Crippen LogP contribution >= 0.6 is 0 Å². The zero-order valence-electron chi connectivity index (χ0n) is 9.84. The third kappa shape index (κ3) is 1.93. The van der Waals surface area contributed by atoms with Gasteiger partial charge in [0.15, 0.2) is 11.3 Å². The van der Waals surface area contributed by atoms with E-state index in [0.717, 1.165) is 11.3 Å². The van der Waals surface area contributed by atoms with Gasteiger partial charge in [-0.1, -0.05) is 12.1 Å². The topological polar surface area (TPSA) is 56.2 Å². The minimum atomic E-state index is -0.130. The molecule has 0 aliphatic rings. The number of nitrogens with zero attached hydrogens (tertiary/aromatic N) is 1. The van der Waals surface area contributed by atoms with Gasteiger partial charge in [-0.25, -0.2) is 4.98 Å². The Hall–Kier alpha value is -2.36. The van der Waals surface area contributed by atoms with Crippen LogP contribution in [-0.4, -0.2) is 10.8 Å². The van der Waals surface area contributed by atoms with Crippen LogP contribution in [0, 0.1) is 6.92 Å². The van der Waals surface area contributed by atoms with Crippen LogP contribution in [-0.2, 0) is 6.42 Å². The number of hydrogen-bond acceptors (Lipinski definition) is 4. The van der Waals surface area contributed by atoms with Crippen LogP contribution in [0.4, 0.5) is 0 Å². The highest BCUT2D eigenvalue weighted by Gasteiger charge is 2.15. The first-order valence-corrected chi connectivity index (χ1v) is 5.66. The number of oxazole rings is 1. The van der Waals surface area contributed by atoms with Crippen molar-refractivity contribution in [2.24, 2.45) is 0 Å². The highest BCUT2D eigenvalue weighted by Crippen LogP contribution is 2.17. The average molecular weight is 241 g/mol. The summed E-state index contributed by atoms with van der Waals surface area (Å²) in [5.41, 5.74) is 1.45. The van der Waals surface area contributed by atoms with Gasteiger partial charge >= 0.3 is 0 Å². The Bertz CT molecular complexity index is 675. The van der Waals surface area contributed by atoms with Gasteiger partial charge in [-0.05, 0) is 31.2 Å². The number of furan rings is 1. The molecule has 0 fully saturated rings. The lowest BCUT2D eigenvalue weighted by atomic mass is 10.2. The first-order chi connectivity index (χ1) is 8.72. The standard InChI is InChI=1S/C14H11NO3/c1-9-6-7-13(17-9)11(16)8-14-15-10-4-2-3-5-12(10)18-14/h2-7H,8H2,1H3. The Balaban J connectivity index is 1.86. The number of Topliss-reactive ketones (excluding diaryl/α,β-unsaturated/α-hetero) is 1. The molecule has 4 heteroatoms. The first kappa shape index (κ1) is 10.8. The van der Waals surface area contributed by atoms with Crippen molar-refractivity contribution < 1.29 is 13.6 Å². The van der Waals surface area contributed by atoms with E-state index in [1.165, 1.54) is 0 Å². The zero-order valence-corrected chi connectivity index (χ0v) is 9.84. The SMILES string of the molecule is Cc1ccc(C(=O)Cc2nc3ccccc3o2)o1. The molecular weight excluding hydrogens is 230 g/mol. The second-order valence-corrected chi connectivity index (χ2v) is 4.09. The summed E-state index contributed by atoms with van der Waals surface area (Å²) >= 11 is 0. The van der Waals surface area contributed by atoms with Crippen molar-refractivity contribution in [1.29, 1.82) is 0 Å². The Morgan fingerprint density at radius 2 is 2.00 bits per heavy atom. The van der Waals surface area contributed by atoms with E-state index < -0.39 is 0 Å². The summed E-state index contributed by atoms with van der Waals surface area (Å²) in [6.07, 6.45) is 0.113. The molecule has 2 aromatic heterocycles. The molecule has 4 nitrogen and oxygen atoms in total. The van der Waals surface area contributed by atoms with Gasteiger partial charge in [0.2, 0.25) is 11.7 Å². The van der Waals surface area contributed by atoms with Crippen molar-refractivity contribution in [1.82, 2.24) is 4.98 Å². The molecule has 18 heavy (non-hydrogen) atoms. The van der Waals surface area contributed by atoms with Gasteiger partial charge in [-0.3, -0.25) is 4.79 Å². The van der Waals surface area contributed by atoms with Crippen LogP contribution in [0.1, 0.15) is 22.2 Å². The largest absolute Gasteiger partial charge is 0.458 e. The maximum absolute atomic E-state index is 11.9. The van der Waals surface area contributed by atoms with Gasteiger partial charge in [-0.15, -0.1) is 0 Å². The molecule has 0 saturated carbocycles. The summed E-state index contributed by atoms with van der Waals surface area (Å²) in [5.74, 6) is 1.34.